The molecule has 1 rings (SSSR count). The summed E-state index contributed by atoms with van der Waals surface area (Å²) in [4.78, 5) is 17.4. The van der Waals surface area contributed by atoms with E-state index in [1.54, 1.807) is 12.1 Å². The fourth-order valence-corrected chi connectivity index (χ4v) is 2.15. The van der Waals surface area contributed by atoms with Crippen molar-refractivity contribution in [3.8, 4) is 0 Å². The number of allylic oxidation sites excluding steroid dienone is 1. The number of carbonyl (C=O) groups excluding carboxylic acids is 1. The number of hydrogen-bond donors (Lipinski definition) is 1. The van der Waals surface area contributed by atoms with Crippen LogP contribution < -0.4 is 5.48 Å². The highest BCUT2D eigenvalue weighted by atomic mass is 35.5. The molecule has 4 heteroatoms. The first kappa shape index (κ1) is 18.7. The molecule has 1 aromatic rings. The summed E-state index contributed by atoms with van der Waals surface area (Å²) in [5, 5.41) is 0. The Morgan fingerprint density at radius 3 is 2.64 bits per heavy atom. The summed E-state index contributed by atoms with van der Waals surface area (Å²) in [5.41, 5.74) is 4.12. The van der Waals surface area contributed by atoms with E-state index < -0.39 is 0 Å². The van der Waals surface area contributed by atoms with Crippen molar-refractivity contribution in [1.82, 2.24) is 5.48 Å². The zero-order valence-electron chi connectivity index (χ0n) is 13.5. The van der Waals surface area contributed by atoms with Crippen LogP contribution in [0, 0.1) is 0 Å². The average Bonchev–Trinajstić information content (AvgIpc) is 2.55. The van der Waals surface area contributed by atoms with Crippen molar-refractivity contribution in [3.05, 3.63) is 41.5 Å². The zero-order chi connectivity index (χ0) is 16.2. The van der Waals surface area contributed by atoms with Gasteiger partial charge in [-0.15, -0.1) is 11.6 Å². The minimum absolute atomic E-state index is 0.0340. The van der Waals surface area contributed by atoms with Crippen molar-refractivity contribution in [2.75, 3.05) is 5.88 Å². The number of alkyl halides is 1. The molecule has 1 amide bonds. The third kappa shape index (κ3) is 7.62. The summed E-state index contributed by atoms with van der Waals surface area (Å²) < 4.78 is 0. The van der Waals surface area contributed by atoms with Crippen LogP contribution in [0.25, 0.3) is 6.08 Å². The molecule has 0 radical (unpaired) electrons. The lowest BCUT2D eigenvalue weighted by Gasteiger charge is -2.13. The predicted octanol–water partition coefficient (Wildman–Crippen LogP) is 4.96. The quantitative estimate of drug-likeness (QED) is 0.375. The van der Waals surface area contributed by atoms with Crippen LogP contribution in [-0.4, -0.2) is 17.9 Å². The van der Waals surface area contributed by atoms with Gasteiger partial charge < -0.3 is 0 Å². The third-order valence-corrected chi connectivity index (χ3v) is 3.57. The van der Waals surface area contributed by atoms with Crippen LogP contribution in [0.15, 0.2) is 30.3 Å². The van der Waals surface area contributed by atoms with Crippen LogP contribution in [0.3, 0.4) is 0 Å². The summed E-state index contributed by atoms with van der Waals surface area (Å²) >= 11 is 5.59. The van der Waals surface area contributed by atoms with Gasteiger partial charge in [-0.2, -0.15) is 0 Å². The molecule has 22 heavy (non-hydrogen) atoms. The summed E-state index contributed by atoms with van der Waals surface area (Å²) in [6, 6.07) is 7.31. The zero-order valence-corrected chi connectivity index (χ0v) is 14.2. The second kappa shape index (κ2) is 11.3. The molecule has 0 aliphatic rings. The first-order valence-corrected chi connectivity index (χ1v) is 8.49. The number of hydroxylamine groups is 1. The second-order valence-electron chi connectivity index (χ2n) is 5.39. The lowest BCUT2D eigenvalue weighted by Crippen LogP contribution is -2.28. The van der Waals surface area contributed by atoms with Gasteiger partial charge in [-0.3, -0.25) is 9.63 Å². The van der Waals surface area contributed by atoms with Crippen molar-refractivity contribution in [2.45, 2.75) is 52.1 Å². The normalized spacial score (nSPS) is 12.5. The highest BCUT2D eigenvalue weighted by Gasteiger charge is 2.08. The number of halogens is 1. The maximum Gasteiger partial charge on any atom is 0.274 e. The molecule has 0 aliphatic carbocycles. The maximum absolute atomic E-state index is 12.0. The van der Waals surface area contributed by atoms with Crippen LogP contribution in [-0.2, 0) is 4.84 Å². The molecule has 3 nitrogen and oxygen atoms in total. The molecular weight excluding hydrogens is 298 g/mol. The molecular formula is C18H26ClNO2. The van der Waals surface area contributed by atoms with Crippen molar-refractivity contribution in [1.29, 1.82) is 0 Å². The van der Waals surface area contributed by atoms with E-state index in [2.05, 4.69) is 12.4 Å². The van der Waals surface area contributed by atoms with Crippen molar-refractivity contribution < 1.29 is 9.63 Å². The molecule has 0 fully saturated rings. The Morgan fingerprint density at radius 1 is 1.27 bits per heavy atom. The van der Waals surface area contributed by atoms with Gasteiger partial charge in [0.1, 0.15) is 0 Å². The molecule has 0 spiro atoms. The molecule has 0 aromatic heterocycles. The number of amides is 1. The van der Waals surface area contributed by atoms with E-state index in [4.69, 9.17) is 16.4 Å². The molecule has 0 aliphatic heterocycles. The van der Waals surface area contributed by atoms with Crippen LogP contribution in [0.4, 0.5) is 0 Å². The van der Waals surface area contributed by atoms with Gasteiger partial charge in [-0.1, -0.05) is 56.9 Å². The average molecular weight is 324 g/mol. The number of benzene rings is 1. The fraction of sp³-hybridized carbons (Fsp3) is 0.500. The summed E-state index contributed by atoms with van der Waals surface area (Å²) in [5.74, 6) is 0.264. The van der Waals surface area contributed by atoms with E-state index in [0.717, 1.165) is 18.4 Å². The molecule has 1 aromatic carbocycles. The Bertz CT molecular complexity index is 457. The number of hydrogen-bond acceptors (Lipinski definition) is 2. The van der Waals surface area contributed by atoms with Crippen molar-refractivity contribution in [3.63, 3.8) is 0 Å². The molecule has 1 N–H and O–H groups in total. The van der Waals surface area contributed by atoms with Crippen LogP contribution in [0.1, 0.15) is 61.9 Å². The smallest absolute Gasteiger partial charge is 0.270 e. The van der Waals surface area contributed by atoms with E-state index >= 15 is 0 Å². The summed E-state index contributed by atoms with van der Waals surface area (Å²) in [6.07, 6.45) is 9.60. The first-order chi connectivity index (χ1) is 10.7. The van der Waals surface area contributed by atoms with E-state index in [1.165, 1.54) is 19.3 Å². The largest absolute Gasteiger partial charge is 0.274 e. The summed E-state index contributed by atoms with van der Waals surface area (Å²) in [6.45, 7) is 4.17. The van der Waals surface area contributed by atoms with Gasteiger partial charge in [0.05, 0.1) is 6.10 Å². The Balaban J connectivity index is 2.34. The fourth-order valence-electron chi connectivity index (χ4n) is 2.06. The second-order valence-corrected chi connectivity index (χ2v) is 5.70. The van der Waals surface area contributed by atoms with Gasteiger partial charge in [0.25, 0.3) is 5.91 Å². The lowest BCUT2D eigenvalue weighted by atomic mass is 10.1. The highest BCUT2D eigenvalue weighted by Crippen LogP contribution is 2.09. The standard InChI is InChI=1S/C18H26ClNO2/c1-3-4-5-6-8-15(2)22-20-18(21)17-12-10-16(11-13-17)9-7-14-19/h7,9-13,15H,3-6,8,14H2,1-2H3,(H,20,21)/b9-7+/t15-/m0/s1. The number of unbranched alkanes of at least 4 members (excludes halogenated alkanes) is 3. The molecule has 0 bridgehead atoms. The van der Waals surface area contributed by atoms with E-state index in [1.807, 2.05) is 31.2 Å². The molecule has 122 valence electrons. The third-order valence-electron chi connectivity index (χ3n) is 3.39. The van der Waals surface area contributed by atoms with Gasteiger partial charge in [0.15, 0.2) is 0 Å². The van der Waals surface area contributed by atoms with Gasteiger partial charge in [-0.25, -0.2) is 5.48 Å². The lowest BCUT2D eigenvalue weighted by molar-refractivity contribution is -0.0119. The Kier molecular flexibility index (Phi) is 9.60. The van der Waals surface area contributed by atoms with Crippen LogP contribution in [0.5, 0.6) is 0 Å². The Labute approximate surface area is 138 Å². The topological polar surface area (TPSA) is 38.3 Å². The minimum atomic E-state index is -0.215. The molecule has 0 unspecified atom stereocenters. The first-order valence-electron chi connectivity index (χ1n) is 7.96. The van der Waals surface area contributed by atoms with Crippen molar-refractivity contribution >= 4 is 23.6 Å². The number of rotatable bonds is 10. The number of carbonyl (C=O) groups is 1. The van der Waals surface area contributed by atoms with Gasteiger partial charge in [0.2, 0.25) is 0 Å². The highest BCUT2D eigenvalue weighted by molar-refractivity contribution is 6.19. The van der Waals surface area contributed by atoms with Crippen LogP contribution >= 0.6 is 11.6 Å². The van der Waals surface area contributed by atoms with E-state index in [-0.39, 0.29) is 12.0 Å². The molecule has 0 saturated carbocycles. The van der Waals surface area contributed by atoms with Crippen molar-refractivity contribution in [2.24, 2.45) is 0 Å². The Morgan fingerprint density at radius 2 is 2.00 bits per heavy atom. The van der Waals surface area contributed by atoms with Gasteiger partial charge in [-0.05, 0) is 31.0 Å². The predicted molar refractivity (Wildman–Crippen MR) is 93.0 cm³/mol. The minimum Gasteiger partial charge on any atom is -0.270 e. The molecule has 1 atom stereocenters. The van der Waals surface area contributed by atoms with Gasteiger partial charge in [0, 0.05) is 11.4 Å². The van der Waals surface area contributed by atoms with E-state index in [0.29, 0.717) is 11.4 Å². The molecule has 0 heterocycles. The van der Waals surface area contributed by atoms with E-state index in [9.17, 15) is 4.79 Å². The summed E-state index contributed by atoms with van der Waals surface area (Å²) in [7, 11) is 0. The number of nitrogens with one attached hydrogen (secondary N) is 1. The Hall–Kier alpha value is -1.32. The maximum atomic E-state index is 12.0. The van der Waals surface area contributed by atoms with Gasteiger partial charge >= 0.3 is 0 Å². The molecule has 0 saturated heterocycles. The monoisotopic (exact) mass is 323 g/mol. The SMILES string of the molecule is CCCCCC[C@H](C)ONC(=O)c1ccc(/C=C/CCl)cc1. The van der Waals surface area contributed by atoms with Crippen LogP contribution in [0.2, 0.25) is 0 Å².